The molecule has 3 N–H and O–H groups in total. The van der Waals surface area contributed by atoms with Crippen molar-refractivity contribution in [2.24, 2.45) is 11.7 Å². The summed E-state index contributed by atoms with van der Waals surface area (Å²) in [7, 11) is -1.91. The average Bonchev–Trinajstić information content (AvgIpc) is 2.55. The van der Waals surface area contributed by atoms with Crippen LogP contribution in [-0.4, -0.2) is 34.2 Å². The van der Waals surface area contributed by atoms with Gasteiger partial charge >= 0.3 is 0 Å². The first-order valence-electron chi connectivity index (χ1n) is 8.25. The number of ether oxygens (including phenoxy) is 1. The molecule has 23 heavy (non-hydrogen) atoms. The van der Waals surface area contributed by atoms with E-state index in [1.807, 2.05) is 12.1 Å². The fourth-order valence-corrected chi connectivity index (χ4v) is 4.83. The van der Waals surface area contributed by atoms with Gasteiger partial charge in [0.25, 0.3) is 0 Å². The highest BCUT2D eigenvalue weighted by Gasteiger charge is 2.40. The second-order valence-electron chi connectivity index (χ2n) is 6.50. The molecule has 5 nitrogen and oxygen atoms in total. The second kappa shape index (κ2) is 7.75. The Hall–Kier alpha value is -0.950. The number of hydrogen-bond acceptors (Lipinski definition) is 4. The lowest BCUT2D eigenvalue weighted by Gasteiger charge is -2.42. The van der Waals surface area contributed by atoms with Crippen molar-refractivity contribution in [1.29, 1.82) is 0 Å². The predicted octanol–water partition coefficient (Wildman–Crippen LogP) is 2.06. The minimum absolute atomic E-state index is 0.247. The average molecular weight is 340 g/mol. The van der Waals surface area contributed by atoms with Crippen molar-refractivity contribution in [1.82, 2.24) is 4.72 Å². The van der Waals surface area contributed by atoms with E-state index in [1.54, 1.807) is 19.2 Å². The number of benzene rings is 1. The highest BCUT2D eigenvalue weighted by Crippen LogP contribution is 2.34. The Kier molecular flexibility index (Phi) is 6.19. The molecule has 0 aliphatic heterocycles. The molecule has 1 aliphatic carbocycles. The molecule has 1 saturated carbocycles. The molecule has 130 valence electrons. The van der Waals surface area contributed by atoms with E-state index in [9.17, 15) is 8.42 Å². The topological polar surface area (TPSA) is 81.4 Å². The molecule has 2 rings (SSSR count). The molecule has 0 radical (unpaired) electrons. The van der Waals surface area contributed by atoms with Crippen LogP contribution < -0.4 is 10.5 Å². The summed E-state index contributed by atoms with van der Waals surface area (Å²) in [5.74, 6) is 0.247. The van der Waals surface area contributed by atoms with Gasteiger partial charge in [0.2, 0.25) is 10.0 Å². The molecule has 1 aliphatic rings. The zero-order valence-corrected chi connectivity index (χ0v) is 14.9. The summed E-state index contributed by atoms with van der Waals surface area (Å²) >= 11 is 0. The monoisotopic (exact) mass is 340 g/mol. The van der Waals surface area contributed by atoms with Gasteiger partial charge in [0.1, 0.15) is 0 Å². The van der Waals surface area contributed by atoms with E-state index >= 15 is 0 Å². The van der Waals surface area contributed by atoms with Crippen molar-refractivity contribution >= 4 is 10.0 Å². The number of hydrogen-bond donors (Lipinski definition) is 2. The van der Waals surface area contributed by atoms with E-state index in [0.717, 1.165) is 37.7 Å². The van der Waals surface area contributed by atoms with Crippen molar-refractivity contribution in [2.75, 3.05) is 20.3 Å². The predicted molar refractivity (Wildman–Crippen MR) is 91.8 cm³/mol. The fraction of sp³-hybridized carbons (Fsp3) is 0.647. The van der Waals surface area contributed by atoms with E-state index in [0.29, 0.717) is 18.0 Å². The maximum absolute atomic E-state index is 12.7. The molecule has 0 amide bonds. The maximum atomic E-state index is 12.7. The molecular formula is C17H28N2O3S. The Bertz CT molecular complexity index is 601. The highest BCUT2D eigenvalue weighted by atomic mass is 32.2. The number of rotatable bonds is 7. The molecule has 0 saturated heterocycles. The van der Waals surface area contributed by atoms with Crippen molar-refractivity contribution < 1.29 is 13.2 Å². The van der Waals surface area contributed by atoms with E-state index in [4.69, 9.17) is 10.5 Å². The second-order valence-corrected chi connectivity index (χ2v) is 8.18. The molecule has 0 spiro atoms. The molecule has 0 aromatic heterocycles. The Morgan fingerprint density at radius 2 is 2.00 bits per heavy atom. The summed E-state index contributed by atoms with van der Waals surface area (Å²) in [4.78, 5) is 0.296. The minimum Gasteiger partial charge on any atom is -0.384 e. The Morgan fingerprint density at radius 3 is 2.57 bits per heavy atom. The molecule has 0 bridgehead atoms. The van der Waals surface area contributed by atoms with E-state index < -0.39 is 15.6 Å². The van der Waals surface area contributed by atoms with Crippen LogP contribution in [0.25, 0.3) is 0 Å². The first-order chi connectivity index (χ1) is 10.9. The van der Waals surface area contributed by atoms with Gasteiger partial charge in [0.05, 0.1) is 11.5 Å². The maximum Gasteiger partial charge on any atom is 0.241 e. The number of nitrogens with two attached hydrogens (primary N) is 1. The lowest BCUT2D eigenvalue weighted by atomic mass is 9.74. The SMILES string of the molecule is COCCc1ccc(S(=O)(=O)NC2(CN)CCCCC2C)cc1. The Labute approximate surface area is 139 Å². The zero-order valence-electron chi connectivity index (χ0n) is 14.0. The summed E-state index contributed by atoms with van der Waals surface area (Å²) in [6.45, 7) is 3.04. The largest absolute Gasteiger partial charge is 0.384 e. The lowest BCUT2D eigenvalue weighted by Crippen LogP contribution is -2.58. The molecule has 0 heterocycles. The summed E-state index contributed by atoms with van der Waals surface area (Å²) < 4.78 is 33.4. The van der Waals surface area contributed by atoms with Crippen LogP contribution in [0, 0.1) is 5.92 Å². The zero-order chi connectivity index (χ0) is 16.9. The molecule has 2 unspecified atom stereocenters. The van der Waals surface area contributed by atoms with Crippen LogP contribution in [0.3, 0.4) is 0 Å². The van der Waals surface area contributed by atoms with Gasteiger partial charge in [-0.05, 0) is 42.9 Å². The smallest absolute Gasteiger partial charge is 0.241 e. The number of sulfonamides is 1. The third-order valence-corrected chi connectivity index (χ3v) is 6.55. The van der Waals surface area contributed by atoms with Crippen LogP contribution in [-0.2, 0) is 21.2 Å². The third-order valence-electron chi connectivity index (χ3n) is 4.98. The van der Waals surface area contributed by atoms with Crippen molar-refractivity contribution in [3.8, 4) is 0 Å². The third kappa shape index (κ3) is 4.32. The Morgan fingerprint density at radius 1 is 1.30 bits per heavy atom. The molecule has 1 aromatic carbocycles. The first-order valence-corrected chi connectivity index (χ1v) is 9.74. The van der Waals surface area contributed by atoms with Gasteiger partial charge in [-0.2, -0.15) is 0 Å². The molecule has 1 aromatic rings. The van der Waals surface area contributed by atoms with Gasteiger partial charge in [-0.25, -0.2) is 13.1 Å². The van der Waals surface area contributed by atoms with Crippen LogP contribution >= 0.6 is 0 Å². The molecule has 6 heteroatoms. The van der Waals surface area contributed by atoms with Gasteiger partial charge in [0.15, 0.2) is 0 Å². The van der Waals surface area contributed by atoms with Crippen LogP contribution in [0.2, 0.25) is 0 Å². The van der Waals surface area contributed by atoms with Gasteiger partial charge < -0.3 is 10.5 Å². The number of methoxy groups -OCH3 is 1. The van der Waals surface area contributed by atoms with Gasteiger partial charge in [-0.3, -0.25) is 0 Å². The minimum atomic E-state index is -3.56. The van der Waals surface area contributed by atoms with Gasteiger partial charge in [-0.15, -0.1) is 0 Å². The first kappa shape index (κ1) is 18.4. The van der Waals surface area contributed by atoms with E-state index in [-0.39, 0.29) is 5.92 Å². The van der Waals surface area contributed by atoms with Crippen molar-refractivity contribution in [3.63, 3.8) is 0 Å². The van der Waals surface area contributed by atoms with Gasteiger partial charge in [0, 0.05) is 19.2 Å². The Balaban J connectivity index is 2.17. The quantitative estimate of drug-likeness (QED) is 0.796. The lowest BCUT2D eigenvalue weighted by molar-refractivity contribution is 0.191. The fourth-order valence-electron chi connectivity index (χ4n) is 3.29. The molecule has 2 atom stereocenters. The molecule has 1 fully saturated rings. The van der Waals surface area contributed by atoms with E-state index in [1.165, 1.54) is 0 Å². The standard InChI is InChI=1S/C17H28N2O3S/c1-14-5-3-4-11-17(14,13-18)19-23(20,21)16-8-6-15(7-9-16)10-12-22-2/h6-9,14,19H,3-5,10-13,18H2,1-2H3. The van der Waals surface area contributed by atoms with Gasteiger partial charge in [-0.1, -0.05) is 31.9 Å². The summed E-state index contributed by atoms with van der Waals surface area (Å²) in [6, 6.07) is 7.00. The van der Waals surface area contributed by atoms with Crippen LogP contribution in [0.15, 0.2) is 29.2 Å². The summed E-state index contributed by atoms with van der Waals surface area (Å²) in [5.41, 5.74) is 6.49. The van der Waals surface area contributed by atoms with E-state index in [2.05, 4.69) is 11.6 Å². The van der Waals surface area contributed by atoms with Crippen LogP contribution in [0.4, 0.5) is 0 Å². The van der Waals surface area contributed by atoms with Crippen LogP contribution in [0.5, 0.6) is 0 Å². The van der Waals surface area contributed by atoms with Crippen LogP contribution in [0.1, 0.15) is 38.2 Å². The summed E-state index contributed by atoms with van der Waals surface area (Å²) in [6.07, 6.45) is 4.73. The molecular weight excluding hydrogens is 312 g/mol. The van der Waals surface area contributed by atoms with Crippen molar-refractivity contribution in [3.05, 3.63) is 29.8 Å². The number of nitrogens with one attached hydrogen (secondary N) is 1. The normalized spacial score (nSPS) is 25.4. The van der Waals surface area contributed by atoms with Crippen molar-refractivity contribution in [2.45, 2.75) is 49.5 Å². The highest BCUT2D eigenvalue weighted by molar-refractivity contribution is 7.89. The summed E-state index contributed by atoms with van der Waals surface area (Å²) in [5, 5.41) is 0.